The van der Waals surface area contributed by atoms with E-state index in [0.717, 1.165) is 38.5 Å². The minimum absolute atomic E-state index is 0. The number of allylic oxidation sites excluding steroid dienone is 1. The summed E-state index contributed by atoms with van der Waals surface area (Å²) in [4.78, 5) is 13.0. The Labute approximate surface area is 400 Å². The Morgan fingerprint density at radius 3 is 1.58 bits per heavy atom. The van der Waals surface area contributed by atoms with E-state index in [-0.39, 0.29) is 71.4 Å². The monoisotopic (exact) mass is 903 g/mol. The van der Waals surface area contributed by atoms with Crippen molar-refractivity contribution in [1.29, 1.82) is 0 Å². The number of carbonyl (C=O) groups excluding carboxylic acids is 1. The topological polar surface area (TPSA) is 241 Å². The molecule has 15 nitrogen and oxygen atoms in total. The van der Waals surface area contributed by atoms with Gasteiger partial charge in [0.05, 0.1) is 25.4 Å². The van der Waals surface area contributed by atoms with Crippen LogP contribution < -0.4 is 64.4 Å². The zero-order valence-electron chi connectivity index (χ0n) is 36.6. The van der Waals surface area contributed by atoms with Gasteiger partial charge in [-0.2, -0.15) is 0 Å². The maximum absolute atomic E-state index is 13.0. The Balaban J connectivity index is 0. The van der Waals surface area contributed by atoms with Crippen molar-refractivity contribution in [3.63, 3.8) is 0 Å². The maximum atomic E-state index is 13.0. The molecule has 19 heteroatoms. The molecule has 59 heavy (non-hydrogen) atoms. The van der Waals surface area contributed by atoms with Gasteiger partial charge in [-0.25, -0.2) is 16.8 Å². The standard InChI is InChI=1S/C40H77NO14S2.2Na/c1-3-5-7-9-11-13-15-17-19-21-23-25-27-29-34(42)33(41-36(43)30-28-26-24-22-20-18-16-14-12-10-8-6-4-2)31-52-40-38(45)37(44)39(55-57(49,50)51)35(54-40)32-53-56(46,47)48;;/h27,29,33-35,37-40,42,44-45H,3-26,28,30-32H2,1-2H3,(H,41,43)(H,46,47,48)(H,49,50,51);;/q;2*+1/p-2/b29-27+;;/t33-,34+,35+,37+,38+,39+,40+;;/m0../s1. The Bertz CT molecular complexity index is 1270. The van der Waals surface area contributed by atoms with Crippen LogP contribution in [0.15, 0.2) is 12.2 Å². The van der Waals surface area contributed by atoms with Gasteiger partial charge in [0.25, 0.3) is 0 Å². The Hall–Kier alpha value is 0.750. The molecule has 1 aliphatic rings. The van der Waals surface area contributed by atoms with Crippen LogP contribution in [0.25, 0.3) is 0 Å². The fourth-order valence-corrected chi connectivity index (χ4v) is 7.70. The Kier molecular flexibility index (Phi) is 39.9. The third kappa shape index (κ3) is 33.9. The van der Waals surface area contributed by atoms with Gasteiger partial charge in [-0.3, -0.25) is 13.2 Å². The van der Waals surface area contributed by atoms with Gasteiger partial charge in [-0.15, -0.1) is 0 Å². The van der Waals surface area contributed by atoms with Crippen molar-refractivity contribution in [3.8, 4) is 0 Å². The first-order chi connectivity index (χ1) is 27.2. The van der Waals surface area contributed by atoms with Crippen LogP contribution in [-0.2, 0) is 43.4 Å². The van der Waals surface area contributed by atoms with Crippen LogP contribution in [0.4, 0.5) is 0 Å². The van der Waals surface area contributed by atoms with Crippen molar-refractivity contribution < 1.29 is 123 Å². The number of rotatable bonds is 37. The van der Waals surface area contributed by atoms with Crippen LogP contribution >= 0.6 is 0 Å². The average molecular weight is 904 g/mol. The predicted molar refractivity (Wildman–Crippen MR) is 215 cm³/mol. The molecule has 0 aliphatic carbocycles. The van der Waals surface area contributed by atoms with Crippen LogP contribution in [0, 0.1) is 0 Å². The van der Waals surface area contributed by atoms with Crippen molar-refractivity contribution in [3.05, 3.63) is 12.2 Å². The van der Waals surface area contributed by atoms with Gasteiger partial charge in [-0.05, 0) is 19.3 Å². The number of unbranched alkanes of at least 4 members (excludes halogenated alkanes) is 23. The second-order valence-corrected chi connectivity index (χ2v) is 17.5. The van der Waals surface area contributed by atoms with Gasteiger partial charge in [0, 0.05) is 6.42 Å². The van der Waals surface area contributed by atoms with Crippen LogP contribution in [0.2, 0.25) is 0 Å². The van der Waals surface area contributed by atoms with Crippen molar-refractivity contribution in [2.24, 2.45) is 0 Å². The molecule has 0 spiro atoms. The predicted octanol–water partition coefficient (Wildman–Crippen LogP) is 0.364. The molecule has 0 aromatic heterocycles. The summed E-state index contributed by atoms with van der Waals surface area (Å²) in [5, 5.41) is 35.1. The molecule has 0 saturated carbocycles. The number of carbonyl (C=O) groups is 1. The molecule has 0 bridgehead atoms. The van der Waals surface area contributed by atoms with E-state index >= 15 is 0 Å². The van der Waals surface area contributed by atoms with Gasteiger partial charge < -0.3 is 39.2 Å². The van der Waals surface area contributed by atoms with Gasteiger partial charge in [-0.1, -0.05) is 167 Å². The quantitative estimate of drug-likeness (QED) is 0.0217. The number of aliphatic hydroxyl groups is 3. The van der Waals surface area contributed by atoms with E-state index in [1.54, 1.807) is 6.08 Å². The first-order valence-electron chi connectivity index (χ1n) is 21.7. The number of hydrogen-bond donors (Lipinski definition) is 4. The summed E-state index contributed by atoms with van der Waals surface area (Å²) in [6.07, 6.45) is 21.3. The molecule has 0 aromatic rings. The van der Waals surface area contributed by atoms with E-state index in [1.807, 2.05) is 6.08 Å². The fraction of sp³-hybridized carbons (Fsp3) is 0.925. The maximum Gasteiger partial charge on any atom is 1.00 e. The number of nitrogens with one attached hydrogen (secondary N) is 1. The Morgan fingerprint density at radius 1 is 0.695 bits per heavy atom. The van der Waals surface area contributed by atoms with Gasteiger partial charge in [0.2, 0.25) is 26.7 Å². The summed E-state index contributed by atoms with van der Waals surface area (Å²) < 4.78 is 86.4. The van der Waals surface area contributed by atoms with E-state index in [4.69, 9.17) is 9.47 Å². The van der Waals surface area contributed by atoms with Crippen LogP contribution in [0.3, 0.4) is 0 Å². The smallest absolute Gasteiger partial charge is 0.726 e. The third-order valence-corrected chi connectivity index (χ3v) is 11.1. The zero-order chi connectivity index (χ0) is 42.4. The molecule has 0 radical (unpaired) electrons. The normalized spacial score (nSPS) is 20.8. The van der Waals surface area contributed by atoms with Crippen molar-refractivity contribution >= 4 is 26.7 Å². The first-order valence-corrected chi connectivity index (χ1v) is 24.4. The fourth-order valence-electron chi connectivity index (χ4n) is 6.89. The summed E-state index contributed by atoms with van der Waals surface area (Å²) in [5.41, 5.74) is 0. The van der Waals surface area contributed by atoms with E-state index in [0.29, 0.717) is 12.8 Å². The summed E-state index contributed by atoms with van der Waals surface area (Å²) in [7, 11) is -10.8. The summed E-state index contributed by atoms with van der Waals surface area (Å²) in [6, 6.07) is -1.05. The molecule has 4 N–H and O–H groups in total. The third-order valence-electron chi connectivity index (χ3n) is 10.3. The van der Waals surface area contributed by atoms with Crippen LogP contribution in [-0.4, -0.2) is 103 Å². The molecule has 1 fully saturated rings. The molecule has 1 aliphatic heterocycles. The average Bonchev–Trinajstić information content (AvgIpc) is 3.15. The minimum Gasteiger partial charge on any atom is -0.726 e. The largest absolute Gasteiger partial charge is 1.00 e. The van der Waals surface area contributed by atoms with E-state index in [9.17, 15) is 46.1 Å². The van der Waals surface area contributed by atoms with Crippen LogP contribution in [0.1, 0.15) is 181 Å². The zero-order valence-corrected chi connectivity index (χ0v) is 42.3. The second-order valence-electron chi connectivity index (χ2n) is 15.4. The number of hydrogen-bond acceptors (Lipinski definition) is 14. The Morgan fingerprint density at radius 2 is 1.14 bits per heavy atom. The molecular weight excluding hydrogens is 829 g/mol. The van der Waals surface area contributed by atoms with Crippen molar-refractivity contribution in [2.45, 2.75) is 224 Å². The molecule has 0 aromatic carbocycles. The van der Waals surface area contributed by atoms with E-state index in [2.05, 4.69) is 27.5 Å². The number of amides is 1. The second kappa shape index (κ2) is 38.1. The van der Waals surface area contributed by atoms with Crippen LogP contribution in [0.5, 0.6) is 0 Å². The summed E-state index contributed by atoms with van der Waals surface area (Å²) in [6.45, 7) is 2.78. The summed E-state index contributed by atoms with van der Waals surface area (Å²) >= 11 is 0. The van der Waals surface area contributed by atoms with E-state index in [1.165, 1.54) is 109 Å². The summed E-state index contributed by atoms with van der Waals surface area (Å²) in [5.74, 6) is -0.337. The van der Waals surface area contributed by atoms with E-state index < -0.39 is 76.9 Å². The van der Waals surface area contributed by atoms with Gasteiger partial charge in [0.1, 0.15) is 24.4 Å². The molecule has 1 rings (SSSR count). The molecule has 1 amide bonds. The first kappa shape index (κ1) is 61.8. The van der Waals surface area contributed by atoms with Crippen molar-refractivity contribution in [2.75, 3.05) is 13.2 Å². The molecule has 1 saturated heterocycles. The van der Waals surface area contributed by atoms with Gasteiger partial charge >= 0.3 is 59.1 Å². The molecule has 338 valence electrons. The van der Waals surface area contributed by atoms with Gasteiger partial charge in [0.15, 0.2) is 6.29 Å². The SMILES string of the molecule is CCCCCCCCCCCCC/C=C/[C@@H](O)[C@H](CO[C@@H]1O[C@H](COS(=O)(=O)[O-])[C@@H](OS(=O)(=O)[O-])[C@H](O)[C@H]1O)NC(=O)CCCCCCCCCCCCCCC.[Na+].[Na+]. The van der Waals surface area contributed by atoms with Crippen molar-refractivity contribution in [1.82, 2.24) is 5.32 Å². The molecule has 0 unspecified atom stereocenters. The molecule has 1 heterocycles. The molecular formula is C40H75NNa2O14S2. The number of ether oxygens (including phenoxy) is 2. The number of aliphatic hydroxyl groups excluding tert-OH is 3. The molecule has 7 atom stereocenters. The minimum atomic E-state index is -5.49.